The molecular formula is C11H14BrClN2O2S2. The normalized spacial score (nSPS) is 19.8. The number of hydrogen-bond donors (Lipinski definition) is 2. The molecule has 1 aliphatic heterocycles. The van der Waals surface area contributed by atoms with Crippen molar-refractivity contribution in [2.45, 2.75) is 11.3 Å². The molecule has 8 heteroatoms. The van der Waals surface area contributed by atoms with E-state index in [9.17, 15) is 8.42 Å². The van der Waals surface area contributed by atoms with Gasteiger partial charge in [-0.3, -0.25) is 0 Å². The molecule has 0 saturated carbocycles. The van der Waals surface area contributed by atoms with E-state index in [-0.39, 0.29) is 4.90 Å². The smallest absolute Gasteiger partial charge is 0.241 e. The Kier molecular flexibility index (Phi) is 5.05. The molecule has 106 valence electrons. The first-order chi connectivity index (χ1) is 8.90. The Morgan fingerprint density at radius 3 is 2.89 bits per heavy atom. The number of rotatable bonds is 4. The third-order valence-electron chi connectivity index (χ3n) is 2.91. The van der Waals surface area contributed by atoms with Gasteiger partial charge in [0.1, 0.15) is 0 Å². The van der Waals surface area contributed by atoms with E-state index in [4.69, 9.17) is 17.3 Å². The largest absolute Gasteiger partial charge is 0.398 e. The van der Waals surface area contributed by atoms with Gasteiger partial charge in [-0.2, -0.15) is 11.8 Å². The van der Waals surface area contributed by atoms with Gasteiger partial charge in [-0.1, -0.05) is 11.6 Å². The standard InChI is InChI=1S/C11H14BrClN2O2S2/c12-11-9(14)3-8(13)4-10(11)19(16,17)15-5-7-1-2-18-6-7/h3-4,7,15H,1-2,5-6,14H2. The minimum Gasteiger partial charge on any atom is -0.398 e. The molecule has 0 aromatic heterocycles. The molecule has 1 saturated heterocycles. The monoisotopic (exact) mass is 384 g/mol. The van der Waals surface area contributed by atoms with Crippen LogP contribution in [0.3, 0.4) is 0 Å². The predicted octanol–water partition coefficient (Wildman–Crippen LogP) is 2.72. The number of thioether (sulfide) groups is 1. The highest BCUT2D eigenvalue weighted by Crippen LogP contribution is 2.31. The van der Waals surface area contributed by atoms with Crippen LogP contribution in [0.25, 0.3) is 0 Å². The van der Waals surface area contributed by atoms with Gasteiger partial charge < -0.3 is 5.73 Å². The van der Waals surface area contributed by atoms with Crippen LogP contribution in [0.15, 0.2) is 21.5 Å². The lowest BCUT2D eigenvalue weighted by Gasteiger charge is -2.13. The van der Waals surface area contributed by atoms with Crippen LogP contribution in [0.5, 0.6) is 0 Å². The summed E-state index contributed by atoms with van der Waals surface area (Å²) in [6, 6.07) is 2.91. The fourth-order valence-corrected chi connectivity index (χ4v) is 5.52. The zero-order valence-corrected chi connectivity index (χ0v) is 14.0. The van der Waals surface area contributed by atoms with Crippen molar-refractivity contribution in [3.8, 4) is 0 Å². The van der Waals surface area contributed by atoms with Gasteiger partial charge in [0.25, 0.3) is 0 Å². The average Bonchev–Trinajstić information content (AvgIpc) is 2.84. The lowest BCUT2D eigenvalue weighted by atomic mass is 10.1. The first kappa shape index (κ1) is 15.4. The van der Waals surface area contributed by atoms with Gasteiger partial charge in [0.05, 0.1) is 9.37 Å². The number of benzene rings is 1. The second-order valence-electron chi connectivity index (χ2n) is 4.39. The highest BCUT2D eigenvalue weighted by Gasteiger charge is 2.23. The summed E-state index contributed by atoms with van der Waals surface area (Å²) in [5.74, 6) is 2.50. The molecule has 1 unspecified atom stereocenters. The summed E-state index contributed by atoms with van der Waals surface area (Å²) < 4.78 is 27.5. The molecule has 1 aromatic carbocycles. The molecule has 0 aliphatic carbocycles. The Bertz CT molecular complexity index is 574. The van der Waals surface area contributed by atoms with Gasteiger partial charge >= 0.3 is 0 Å². The van der Waals surface area contributed by atoms with Crippen LogP contribution in [0, 0.1) is 5.92 Å². The highest BCUT2D eigenvalue weighted by atomic mass is 79.9. The van der Waals surface area contributed by atoms with Gasteiger partial charge in [0.15, 0.2) is 0 Å². The molecule has 3 N–H and O–H groups in total. The maximum absolute atomic E-state index is 12.3. The molecule has 0 radical (unpaired) electrons. The number of halogens is 2. The summed E-state index contributed by atoms with van der Waals surface area (Å²) in [7, 11) is -3.59. The SMILES string of the molecule is Nc1cc(Cl)cc(S(=O)(=O)NCC2CCSC2)c1Br. The summed E-state index contributed by atoms with van der Waals surface area (Å²) in [4.78, 5) is 0.0863. The second kappa shape index (κ2) is 6.22. The van der Waals surface area contributed by atoms with Gasteiger partial charge in [0.2, 0.25) is 10.0 Å². The van der Waals surface area contributed by atoms with E-state index in [1.54, 1.807) is 0 Å². The molecule has 1 aromatic rings. The number of nitrogens with two attached hydrogens (primary N) is 1. The third-order valence-corrected chi connectivity index (χ3v) is 6.95. The van der Waals surface area contributed by atoms with E-state index in [2.05, 4.69) is 20.7 Å². The van der Waals surface area contributed by atoms with Crippen LogP contribution < -0.4 is 10.5 Å². The molecule has 1 fully saturated rings. The van der Waals surface area contributed by atoms with E-state index >= 15 is 0 Å². The van der Waals surface area contributed by atoms with E-state index in [0.717, 1.165) is 17.9 Å². The Morgan fingerprint density at radius 1 is 1.53 bits per heavy atom. The Labute approximate surface area is 130 Å². The van der Waals surface area contributed by atoms with Crippen molar-refractivity contribution >= 4 is 55.0 Å². The van der Waals surface area contributed by atoms with Crippen molar-refractivity contribution in [2.24, 2.45) is 5.92 Å². The van der Waals surface area contributed by atoms with Crippen molar-refractivity contribution in [1.82, 2.24) is 4.72 Å². The van der Waals surface area contributed by atoms with Crippen LogP contribution in [0.1, 0.15) is 6.42 Å². The summed E-state index contributed by atoms with van der Waals surface area (Å²) >= 11 is 10.9. The topological polar surface area (TPSA) is 72.2 Å². The summed E-state index contributed by atoms with van der Waals surface area (Å²) in [5, 5.41) is 0.303. The highest BCUT2D eigenvalue weighted by molar-refractivity contribution is 9.10. The maximum Gasteiger partial charge on any atom is 0.241 e. The maximum atomic E-state index is 12.3. The second-order valence-corrected chi connectivity index (χ2v) is 8.50. The average molecular weight is 386 g/mol. The summed E-state index contributed by atoms with van der Waals surface area (Å²) in [5.41, 5.74) is 6.02. The molecule has 1 atom stereocenters. The van der Waals surface area contributed by atoms with Crippen molar-refractivity contribution in [3.05, 3.63) is 21.6 Å². The van der Waals surface area contributed by atoms with Gasteiger partial charge in [-0.25, -0.2) is 13.1 Å². The molecule has 0 amide bonds. The number of hydrogen-bond acceptors (Lipinski definition) is 4. The number of nitrogens with one attached hydrogen (secondary N) is 1. The van der Waals surface area contributed by atoms with Crippen molar-refractivity contribution in [1.29, 1.82) is 0 Å². The summed E-state index contributed by atoms with van der Waals surface area (Å²) in [6.45, 7) is 0.453. The Hall–Kier alpha value is 0.0500. The van der Waals surface area contributed by atoms with E-state index < -0.39 is 10.0 Å². The molecular weight excluding hydrogens is 372 g/mol. The third kappa shape index (κ3) is 3.78. The van der Waals surface area contributed by atoms with E-state index in [1.807, 2.05) is 11.8 Å². The zero-order valence-electron chi connectivity index (χ0n) is 10.0. The van der Waals surface area contributed by atoms with Crippen LogP contribution >= 0.6 is 39.3 Å². The first-order valence-electron chi connectivity index (χ1n) is 5.72. The summed E-state index contributed by atoms with van der Waals surface area (Å²) in [6.07, 6.45) is 1.05. The van der Waals surface area contributed by atoms with Crippen molar-refractivity contribution in [2.75, 3.05) is 23.8 Å². The molecule has 1 heterocycles. The van der Waals surface area contributed by atoms with E-state index in [0.29, 0.717) is 27.6 Å². The van der Waals surface area contributed by atoms with Crippen LogP contribution in [-0.4, -0.2) is 26.5 Å². The molecule has 0 bridgehead atoms. The van der Waals surface area contributed by atoms with Crippen LogP contribution in [0.2, 0.25) is 5.02 Å². The van der Waals surface area contributed by atoms with Crippen molar-refractivity contribution < 1.29 is 8.42 Å². The number of anilines is 1. The molecule has 0 spiro atoms. The number of nitrogen functional groups attached to an aromatic ring is 1. The fraction of sp³-hybridized carbons (Fsp3) is 0.455. The van der Waals surface area contributed by atoms with Crippen LogP contribution in [0.4, 0.5) is 5.69 Å². The lowest BCUT2D eigenvalue weighted by molar-refractivity contribution is 0.545. The minimum absolute atomic E-state index is 0.0863. The molecule has 1 aliphatic rings. The quantitative estimate of drug-likeness (QED) is 0.782. The Morgan fingerprint density at radius 2 is 2.26 bits per heavy atom. The van der Waals surface area contributed by atoms with Gasteiger partial charge in [-0.05, 0) is 51.9 Å². The van der Waals surface area contributed by atoms with Gasteiger partial charge in [0, 0.05) is 17.3 Å². The van der Waals surface area contributed by atoms with E-state index in [1.165, 1.54) is 12.1 Å². The fourth-order valence-electron chi connectivity index (χ4n) is 1.83. The lowest BCUT2D eigenvalue weighted by Crippen LogP contribution is -2.29. The zero-order chi connectivity index (χ0) is 14.0. The van der Waals surface area contributed by atoms with Crippen molar-refractivity contribution in [3.63, 3.8) is 0 Å². The molecule has 2 rings (SSSR count). The number of sulfonamides is 1. The molecule has 19 heavy (non-hydrogen) atoms. The predicted molar refractivity (Wildman–Crippen MR) is 84.2 cm³/mol. The Balaban J connectivity index is 2.19. The van der Waals surface area contributed by atoms with Crippen LogP contribution in [-0.2, 0) is 10.0 Å². The minimum atomic E-state index is -3.59. The molecule has 4 nitrogen and oxygen atoms in total. The first-order valence-corrected chi connectivity index (χ1v) is 9.53. The van der Waals surface area contributed by atoms with Gasteiger partial charge in [-0.15, -0.1) is 0 Å².